The molecule has 0 saturated carbocycles. The number of likely N-dealkylation sites (N-methyl/N-ethyl adjacent to an activating group) is 1. The van der Waals surface area contributed by atoms with Crippen molar-refractivity contribution in [2.45, 2.75) is 19.4 Å². The average molecular weight is 400 g/mol. The van der Waals surface area contributed by atoms with Crippen LogP contribution in [0.5, 0.6) is 0 Å². The van der Waals surface area contributed by atoms with Gasteiger partial charge in [-0.2, -0.15) is 0 Å². The lowest BCUT2D eigenvalue weighted by molar-refractivity contribution is -1.01. The zero-order chi connectivity index (χ0) is 17.7. The van der Waals surface area contributed by atoms with E-state index in [1.807, 2.05) is 25.1 Å². The van der Waals surface area contributed by atoms with Crippen LogP contribution >= 0.6 is 15.9 Å². The van der Waals surface area contributed by atoms with Crippen LogP contribution in [-0.2, 0) is 14.3 Å². The minimum atomic E-state index is -0.432. The summed E-state index contributed by atoms with van der Waals surface area (Å²) < 4.78 is 5.62. The number of aryl methyl sites for hydroxylation is 1. The molecule has 0 aromatic heterocycles. The number of hydrogen-bond donors (Lipinski definition) is 3. The number of hydrogen-bond acceptors (Lipinski definition) is 3. The van der Waals surface area contributed by atoms with E-state index in [-0.39, 0.29) is 18.3 Å². The number of anilines is 1. The molecule has 1 saturated heterocycles. The quantitative estimate of drug-likeness (QED) is 0.558. The van der Waals surface area contributed by atoms with Gasteiger partial charge in [0, 0.05) is 4.47 Å². The van der Waals surface area contributed by atoms with Crippen molar-refractivity contribution in [2.24, 2.45) is 0 Å². The molecule has 2 rings (SSSR count). The number of quaternary nitrogens is 2. The van der Waals surface area contributed by atoms with E-state index in [1.54, 1.807) is 0 Å². The fraction of sp³-hybridized carbons (Fsp3) is 0.529. The molecule has 1 fully saturated rings. The summed E-state index contributed by atoms with van der Waals surface area (Å²) in [6.07, 6.45) is 0.0974. The molecule has 1 aliphatic heterocycles. The maximum Gasteiger partial charge on any atom is 0.312 e. The molecule has 0 unspecified atom stereocenters. The van der Waals surface area contributed by atoms with Crippen molar-refractivity contribution < 1.29 is 24.1 Å². The van der Waals surface area contributed by atoms with Crippen molar-refractivity contribution in [3.05, 3.63) is 28.2 Å². The number of amides is 1. The van der Waals surface area contributed by atoms with E-state index < -0.39 is 6.04 Å². The van der Waals surface area contributed by atoms with E-state index in [2.05, 4.69) is 28.3 Å². The molecule has 1 aromatic carbocycles. The SMILES string of the molecule is COC(=O)C[C@@H](C(=O)Nc1ccc(C)cc1Br)[NH+]1CC[NH+](C)CC1. The Balaban J connectivity index is 2.12. The number of esters is 1. The second kappa shape index (κ2) is 8.60. The third-order valence-corrected chi connectivity index (χ3v) is 5.19. The Hall–Kier alpha value is -1.44. The molecule has 0 spiro atoms. The normalized spacial score (nSPS) is 21.8. The molecule has 1 amide bonds. The molecule has 7 heteroatoms. The Morgan fingerprint density at radius 2 is 1.96 bits per heavy atom. The lowest BCUT2D eigenvalue weighted by atomic mass is 10.1. The summed E-state index contributed by atoms with van der Waals surface area (Å²) in [5, 5.41) is 2.95. The second-order valence-electron chi connectivity index (χ2n) is 6.42. The van der Waals surface area contributed by atoms with Crippen molar-refractivity contribution in [1.82, 2.24) is 0 Å². The van der Waals surface area contributed by atoms with Gasteiger partial charge in [0.2, 0.25) is 0 Å². The molecule has 1 atom stereocenters. The Morgan fingerprint density at radius 1 is 1.29 bits per heavy atom. The fourth-order valence-corrected chi connectivity index (χ4v) is 3.55. The van der Waals surface area contributed by atoms with Crippen LogP contribution in [0.15, 0.2) is 22.7 Å². The van der Waals surface area contributed by atoms with E-state index in [9.17, 15) is 9.59 Å². The summed E-state index contributed by atoms with van der Waals surface area (Å²) in [6, 6.07) is 5.34. The highest BCUT2D eigenvalue weighted by Crippen LogP contribution is 2.23. The summed E-state index contributed by atoms with van der Waals surface area (Å²) in [5.41, 5.74) is 1.83. The molecule has 3 N–H and O–H groups in total. The van der Waals surface area contributed by atoms with E-state index in [4.69, 9.17) is 4.74 Å². The first-order chi connectivity index (χ1) is 11.4. The lowest BCUT2D eigenvalue weighted by Gasteiger charge is -2.32. The minimum absolute atomic E-state index is 0.0974. The first kappa shape index (κ1) is 18.9. The van der Waals surface area contributed by atoms with Crippen molar-refractivity contribution in [3.63, 3.8) is 0 Å². The smallest absolute Gasteiger partial charge is 0.312 e. The van der Waals surface area contributed by atoms with Crippen LogP contribution in [0.4, 0.5) is 5.69 Å². The lowest BCUT2D eigenvalue weighted by Crippen LogP contribution is -3.29. The number of nitrogens with one attached hydrogen (secondary N) is 3. The van der Waals surface area contributed by atoms with Gasteiger partial charge in [0.25, 0.3) is 5.91 Å². The van der Waals surface area contributed by atoms with Crippen LogP contribution in [0.3, 0.4) is 0 Å². The molecule has 1 aliphatic rings. The summed E-state index contributed by atoms with van der Waals surface area (Å²) >= 11 is 3.48. The second-order valence-corrected chi connectivity index (χ2v) is 7.28. The van der Waals surface area contributed by atoms with Gasteiger partial charge in [-0.3, -0.25) is 9.59 Å². The van der Waals surface area contributed by atoms with Crippen LogP contribution < -0.4 is 15.1 Å². The van der Waals surface area contributed by atoms with Crippen molar-refractivity contribution in [1.29, 1.82) is 0 Å². The summed E-state index contributed by atoms with van der Waals surface area (Å²) in [7, 11) is 3.51. The number of rotatable bonds is 5. The van der Waals surface area contributed by atoms with Crippen LogP contribution in [-0.4, -0.2) is 58.3 Å². The third kappa shape index (κ3) is 5.03. The molecule has 6 nitrogen and oxygen atoms in total. The van der Waals surface area contributed by atoms with Gasteiger partial charge in [-0.25, -0.2) is 0 Å². The van der Waals surface area contributed by atoms with Gasteiger partial charge in [0.1, 0.15) is 32.6 Å². The summed E-state index contributed by atoms with van der Waals surface area (Å²) in [4.78, 5) is 27.2. The highest BCUT2D eigenvalue weighted by Gasteiger charge is 2.35. The van der Waals surface area contributed by atoms with Crippen molar-refractivity contribution in [3.8, 4) is 0 Å². The van der Waals surface area contributed by atoms with Crippen LogP contribution in [0, 0.1) is 6.92 Å². The zero-order valence-corrected chi connectivity index (χ0v) is 16.0. The zero-order valence-electron chi connectivity index (χ0n) is 14.4. The van der Waals surface area contributed by atoms with E-state index in [0.29, 0.717) is 0 Å². The Kier molecular flexibility index (Phi) is 6.77. The maximum absolute atomic E-state index is 12.8. The largest absolute Gasteiger partial charge is 0.469 e. The molecular weight excluding hydrogens is 374 g/mol. The highest BCUT2D eigenvalue weighted by atomic mass is 79.9. The van der Waals surface area contributed by atoms with Gasteiger partial charge in [0.05, 0.1) is 19.8 Å². The third-order valence-electron chi connectivity index (χ3n) is 4.54. The van der Waals surface area contributed by atoms with Gasteiger partial charge < -0.3 is 19.9 Å². The number of carbonyl (C=O) groups is 2. The summed E-state index contributed by atoms with van der Waals surface area (Å²) in [5.74, 6) is -0.489. The predicted octanol–water partition coefficient (Wildman–Crippen LogP) is -0.959. The number of methoxy groups -OCH3 is 1. The Bertz CT molecular complexity index is 601. The molecule has 132 valence electrons. The van der Waals surface area contributed by atoms with Gasteiger partial charge in [-0.1, -0.05) is 6.07 Å². The van der Waals surface area contributed by atoms with E-state index >= 15 is 0 Å². The Labute approximate surface area is 151 Å². The highest BCUT2D eigenvalue weighted by molar-refractivity contribution is 9.10. The molecule has 1 heterocycles. The molecule has 24 heavy (non-hydrogen) atoms. The molecular formula is C17H26BrN3O3+2. The van der Waals surface area contributed by atoms with Gasteiger partial charge >= 0.3 is 5.97 Å². The van der Waals surface area contributed by atoms with E-state index in [0.717, 1.165) is 46.8 Å². The molecule has 1 aromatic rings. The minimum Gasteiger partial charge on any atom is -0.469 e. The number of benzene rings is 1. The number of halogens is 1. The monoisotopic (exact) mass is 399 g/mol. The van der Waals surface area contributed by atoms with Crippen LogP contribution in [0.2, 0.25) is 0 Å². The standard InChI is InChI=1S/C17H24BrN3O3/c1-12-4-5-14(13(18)10-12)19-17(23)15(11-16(22)24-3)21-8-6-20(2)7-9-21/h4-5,10,15H,6-9,11H2,1-3H3,(H,19,23)/p+2/t15-/m0/s1. The molecule has 0 bridgehead atoms. The topological polar surface area (TPSA) is 64.3 Å². The van der Waals surface area contributed by atoms with E-state index in [1.165, 1.54) is 12.0 Å². The van der Waals surface area contributed by atoms with Gasteiger partial charge in [-0.15, -0.1) is 0 Å². The predicted molar refractivity (Wildman–Crippen MR) is 95.2 cm³/mol. The van der Waals surface area contributed by atoms with Gasteiger partial charge in [0.15, 0.2) is 6.04 Å². The van der Waals surface area contributed by atoms with Crippen molar-refractivity contribution >= 4 is 33.5 Å². The van der Waals surface area contributed by atoms with Gasteiger partial charge in [-0.05, 0) is 40.5 Å². The molecule has 0 radical (unpaired) electrons. The number of piperazine rings is 1. The molecule has 0 aliphatic carbocycles. The van der Waals surface area contributed by atoms with Crippen LogP contribution in [0.1, 0.15) is 12.0 Å². The Morgan fingerprint density at radius 3 is 2.54 bits per heavy atom. The maximum atomic E-state index is 12.8. The number of carbonyl (C=O) groups excluding carboxylic acids is 2. The first-order valence-electron chi connectivity index (χ1n) is 8.20. The first-order valence-corrected chi connectivity index (χ1v) is 8.99. The average Bonchev–Trinajstić information content (AvgIpc) is 2.55. The number of ether oxygens (including phenoxy) is 1. The van der Waals surface area contributed by atoms with Crippen LogP contribution in [0.25, 0.3) is 0 Å². The summed E-state index contributed by atoms with van der Waals surface area (Å²) in [6.45, 7) is 5.72. The fourth-order valence-electron chi connectivity index (χ4n) is 2.96. The van der Waals surface area contributed by atoms with Crippen molar-refractivity contribution in [2.75, 3.05) is 45.7 Å².